The van der Waals surface area contributed by atoms with Crippen LogP contribution in [0.5, 0.6) is 0 Å². The van der Waals surface area contributed by atoms with Gasteiger partial charge in [-0.05, 0) is 18.2 Å². The lowest BCUT2D eigenvalue weighted by Crippen LogP contribution is -1.67. The summed E-state index contributed by atoms with van der Waals surface area (Å²) >= 11 is 0. The quantitative estimate of drug-likeness (QED) is 0.545. The fraction of sp³-hybridized carbons (Fsp3) is 0. The van der Waals surface area contributed by atoms with Gasteiger partial charge in [0, 0.05) is 23.2 Å². The van der Waals surface area contributed by atoms with Crippen LogP contribution in [0.2, 0.25) is 0 Å². The number of fused-ring (bicyclic) bond motifs is 3. The molecule has 1 N–H and O–H groups in total. The van der Waals surface area contributed by atoms with Crippen LogP contribution < -0.4 is 0 Å². The zero-order valence-corrected chi connectivity index (χ0v) is 6.24. The minimum Gasteiger partial charge on any atom is -0.382 e. The van der Waals surface area contributed by atoms with E-state index in [1.807, 2.05) is 24.4 Å². The first-order chi connectivity index (χ1) is 5.95. The van der Waals surface area contributed by atoms with Crippen molar-refractivity contribution in [2.24, 2.45) is 0 Å². The monoisotopic (exact) mass is 158 g/mol. The van der Waals surface area contributed by atoms with Gasteiger partial charge in [0.2, 0.25) is 0 Å². The molecule has 0 atom stereocenters. The summed E-state index contributed by atoms with van der Waals surface area (Å²) in [6, 6.07) is 5.86. The van der Waals surface area contributed by atoms with E-state index in [0.717, 1.165) is 21.9 Å². The zero-order valence-electron chi connectivity index (χ0n) is 6.24. The van der Waals surface area contributed by atoms with E-state index in [9.17, 15) is 0 Å². The summed E-state index contributed by atoms with van der Waals surface area (Å²) in [5.41, 5.74) is 1.88. The lowest BCUT2D eigenvalue weighted by atomic mass is 10.2. The van der Waals surface area contributed by atoms with Crippen molar-refractivity contribution < 1.29 is 4.52 Å². The highest BCUT2D eigenvalue weighted by Crippen LogP contribution is 2.23. The number of hydrogen-bond donors (Lipinski definition) is 1. The highest BCUT2D eigenvalue weighted by molar-refractivity contribution is 6.03. The Bertz CT molecular complexity index is 486. The molecule has 0 aliphatic carbocycles. The second-order valence-electron chi connectivity index (χ2n) is 2.72. The van der Waals surface area contributed by atoms with Gasteiger partial charge in [-0.2, -0.15) is 0 Å². The van der Waals surface area contributed by atoms with Crippen LogP contribution >= 0.6 is 0 Å². The van der Waals surface area contributed by atoms with Gasteiger partial charge in [-0.25, -0.2) is 5.16 Å². The number of aromatic amines is 1. The van der Waals surface area contributed by atoms with Gasteiger partial charge in [-0.1, -0.05) is 0 Å². The number of benzene rings is 1. The molecule has 0 bridgehead atoms. The first-order valence-corrected chi connectivity index (χ1v) is 3.75. The highest BCUT2D eigenvalue weighted by atomic mass is 16.5. The van der Waals surface area contributed by atoms with Gasteiger partial charge in [0.25, 0.3) is 0 Å². The minimum absolute atomic E-state index is 0.871. The van der Waals surface area contributed by atoms with Gasteiger partial charge in [0.15, 0.2) is 5.58 Å². The fourth-order valence-electron chi connectivity index (χ4n) is 1.47. The molecular formula is C9H6N2O. The molecule has 0 unspecified atom stereocenters. The van der Waals surface area contributed by atoms with Gasteiger partial charge >= 0.3 is 0 Å². The molecule has 0 saturated heterocycles. The normalized spacial score (nSPS) is 11.3. The van der Waals surface area contributed by atoms with Gasteiger partial charge < -0.3 is 4.52 Å². The van der Waals surface area contributed by atoms with Gasteiger partial charge in [0.1, 0.15) is 0 Å². The molecule has 3 aromatic rings. The molecule has 0 spiro atoms. The molecule has 0 aliphatic heterocycles. The minimum atomic E-state index is 0.871. The molecule has 0 aliphatic rings. The summed E-state index contributed by atoms with van der Waals surface area (Å²) in [5, 5.41) is 4.94. The Morgan fingerprint density at radius 1 is 1.17 bits per heavy atom. The van der Waals surface area contributed by atoms with Gasteiger partial charge in [-0.3, -0.25) is 4.98 Å². The highest BCUT2D eigenvalue weighted by Gasteiger charge is 2.02. The van der Waals surface area contributed by atoms with E-state index in [1.165, 1.54) is 0 Å². The van der Waals surface area contributed by atoms with E-state index in [2.05, 4.69) is 10.1 Å². The average molecular weight is 158 g/mol. The number of H-pyrrole nitrogens is 1. The van der Waals surface area contributed by atoms with Crippen molar-refractivity contribution in [3.8, 4) is 0 Å². The molecule has 0 amide bonds. The van der Waals surface area contributed by atoms with Crippen molar-refractivity contribution in [1.82, 2.24) is 10.1 Å². The SMILES string of the molecule is c1cc2c(ccc3o[nH]cc32)n1. The molecule has 3 rings (SSSR count). The molecule has 0 radical (unpaired) electrons. The third-order valence-corrected chi connectivity index (χ3v) is 2.05. The molecule has 58 valence electrons. The summed E-state index contributed by atoms with van der Waals surface area (Å²) in [7, 11) is 0. The maximum Gasteiger partial charge on any atom is 0.164 e. The van der Waals surface area contributed by atoms with Crippen LogP contribution in [0.4, 0.5) is 0 Å². The van der Waals surface area contributed by atoms with E-state index in [4.69, 9.17) is 4.52 Å². The lowest BCUT2D eigenvalue weighted by molar-refractivity contribution is 0.456. The molecular weight excluding hydrogens is 152 g/mol. The lowest BCUT2D eigenvalue weighted by Gasteiger charge is -1.87. The van der Waals surface area contributed by atoms with Crippen LogP contribution in [0.3, 0.4) is 0 Å². The van der Waals surface area contributed by atoms with Crippen molar-refractivity contribution in [2.45, 2.75) is 0 Å². The molecule has 3 nitrogen and oxygen atoms in total. The standard InChI is InChI=1S/C9H6N2O/c1-2-9-7(5-11-12-9)6-3-4-10-8(1)6/h1-5,11H. The molecule has 2 heterocycles. The van der Waals surface area contributed by atoms with E-state index in [-0.39, 0.29) is 0 Å². The van der Waals surface area contributed by atoms with E-state index in [0.29, 0.717) is 0 Å². The van der Waals surface area contributed by atoms with Crippen LogP contribution in [-0.4, -0.2) is 10.1 Å². The fourth-order valence-corrected chi connectivity index (χ4v) is 1.47. The third-order valence-electron chi connectivity index (χ3n) is 2.05. The average Bonchev–Trinajstić information content (AvgIpc) is 2.71. The van der Waals surface area contributed by atoms with Crippen molar-refractivity contribution in [3.05, 3.63) is 30.6 Å². The van der Waals surface area contributed by atoms with E-state index in [1.54, 1.807) is 6.20 Å². The summed E-state index contributed by atoms with van der Waals surface area (Å²) in [5.74, 6) is 0. The van der Waals surface area contributed by atoms with Gasteiger partial charge in [-0.15, -0.1) is 0 Å². The van der Waals surface area contributed by atoms with E-state index < -0.39 is 0 Å². The molecule has 0 fully saturated rings. The van der Waals surface area contributed by atoms with Crippen LogP contribution in [0.1, 0.15) is 0 Å². The largest absolute Gasteiger partial charge is 0.382 e. The van der Waals surface area contributed by atoms with Crippen molar-refractivity contribution >= 4 is 21.9 Å². The van der Waals surface area contributed by atoms with Crippen molar-refractivity contribution in [3.63, 3.8) is 0 Å². The number of nitrogens with one attached hydrogen (secondary N) is 1. The number of nitrogens with zero attached hydrogens (tertiary/aromatic N) is 1. The summed E-state index contributed by atoms with van der Waals surface area (Å²) in [6.07, 6.45) is 3.65. The first kappa shape index (κ1) is 5.83. The van der Waals surface area contributed by atoms with Crippen LogP contribution in [0.15, 0.2) is 35.1 Å². The Kier molecular flexibility index (Phi) is 0.913. The van der Waals surface area contributed by atoms with Crippen LogP contribution in [-0.2, 0) is 0 Å². The maximum atomic E-state index is 5.14. The third kappa shape index (κ3) is 0.580. The predicted molar refractivity (Wildman–Crippen MR) is 45.9 cm³/mol. The Labute approximate surface area is 68.0 Å². The summed E-state index contributed by atoms with van der Waals surface area (Å²) in [6.45, 7) is 0. The van der Waals surface area contributed by atoms with Crippen LogP contribution in [0, 0.1) is 0 Å². The molecule has 2 aromatic heterocycles. The molecule has 3 heteroatoms. The van der Waals surface area contributed by atoms with Crippen molar-refractivity contribution in [1.29, 1.82) is 0 Å². The second-order valence-corrected chi connectivity index (χ2v) is 2.72. The number of aromatic nitrogens is 2. The first-order valence-electron chi connectivity index (χ1n) is 3.75. The number of rotatable bonds is 0. The molecule has 1 aromatic carbocycles. The summed E-state index contributed by atoms with van der Waals surface area (Å²) < 4.78 is 5.14. The zero-order chi connectivity index (χ0) is 7.97. The Balaban J connectivity index is 2.71. The number of hydrogen-bond acceptors (Lipinski definition) is 2. The van der Waals surface area contributed by atoms with Crippen LogP contribution in [0.25, 0.3) is 21.9 Å². The smallest absolute Gasteiger partial charge is 0.164 e. The summed E-state index contributed by atoms with van der Waals surface area (Å²) in [4.78, 5) is 4.19. The molecule has 0 saturated carbocycles. The predicted octanol–water partition coefficient (Wildman–Crippen LogP) is 2.31. The van der Waals surface area contributed by atoms with E-state index >= 15 is 0 Å². The maximum absolute atomic E-state index is 5.14. The Morgan fingerprint density at radius 3 is 3.17 bits per heavy atom. The molecule has 12 heavy (non-hydrogen) atoms. The van der Waals surface area contributed by atoms with Gasteiger partial charge in [0.05, 0.1) is 5.52 Å². The second kappa shape index (κ2) is 1.88. The van der Waals surface area contributed by atoms with Crippen molar-refractivity contribution in [2.75, 3.05) is 0 Å². The topological polar surface area (TPSA) is 41.8 Å². The Hall–Kier alpha value is -1.77. The Morgan fingerprint density at radius 2 is 2.17 bits per heavy atom.